The lowest BCUT2D eigenvalue weighted by atomic mass is 10.0. The number of benzene rings is 2. The number of alkyl halides is 6. The topological polar surface area (TPSA) is 102 Å². The molecule has 0 unspecified atom stereocenters. The van der Waals surface area contributed by atoms with Crippen molar-refractivity contribution in [1.82, 2.24) is 10.2 Å². The van der Waals surface area contributed by atoms with Crippen LogP contribution in [0.5, 0.6) is 0 Å². The Kier molecular flexibility index (Phi) is 6.48. The molecular formula is C20H15F6N3O4S. The SMILES string of the molecule is CC(C)S(=O)(=O)c1cccc(-c2nnc(NC(=O)c3cc(C(F)(F)F)cc(C(F)(F)F)c3)o2)c1. The minimum Gasteiger partial charge on any atom is -0.403 e. The molecule has 0 bridgehead atoms. The zero-order valence-corrected chi connectivity index (χ0v) is 18.1. The van der Waals surface area contributed by atoms with Gasteiger partial charge in [0.2, 0.25) is 5.89 Å². The standard InChI is InChI=1S/C20H15F6N3O4S/c1-10(2)34(31,32)15-5-3-4-11(8-15)17-28-29-18(33-17)27-16(30)12-6-13(19(21,22)23)9-14(7-12)20(24,25)26/h3-10H,1-2H3,(H,27,29,30). The summed E-state index contributed by atoms with van der Waals surface area (Å²) in [4.78, 5) is 12.3. The second-order valence-corrected chi connectivity index (χ2v) is 9.79. The highest BCUT2D eigenvalue weighted by Crippen LogP contribution is 2.36. The van der Waals surface area contributed by atoms with E-state index < -0.39 is 56.1 Å². The van der Waals surface area contributed by atoms with E-state index in [1.165, 1.54) is 38.1 Å². The smallest absolute Gasteiger partial charge is 0.403 e. The maximum absolute atomic E-state index is 13.0. The summed E-state index contributed by atoms with van der Waals surface area (Å²) < 4.78 is 108. The molecule has 0 atom stereocenters. The minimum atomic E-state index is -5.13. The van der Waals surface area contributed by atoms with Gasteiger partial charge in [-0.2, -0.15) is 26.3 Å². The molecule has 1 aromatic heterocycles. The molecule has 34 heavy (non-hydrogen) atoms. The van der Waals surface area contributed by atoms with E-state index in [9.17, 15) is 39.6 Å². The molecule has 0 saturated heterocycles. The Morgan fingerprint density at radius 2 is 1.53 bits per heavy atom. The molecule has 182 valence electrons. The highest BCUT2D eigenvalue weighted by Gasteiger charge is 2.37. The van der Waals surface area contributed by atoms with Crippen LogP contribution in [0.1, 0.15) is 35.3 Å². The highest BCUT2D eigenvalue weighted by molar-refractivity contribution is 7.92. The van der Waals surface area contributed by atoms with Gasteiger partial charge in [-0.05, 0) is 50.2 Å². The van der Waals surface area contributed by atoms with E-state index in [2.05, 4.69) is 10.2 Å². The molecule has 0 aliphatic rings. The summed E-state index contributed by atoms with van der Waals surface area (Å²) in [7, 11) is -3.63. The van der Waals surface area contributed by atoms with Gasteiger partial charge in [0.1, 0.15) is 0 Å². The fourth-order valence-electron chi connectivity index (χ4n) is 2.72. The number of hydrogen-bond donors (Lipinski definition) is 1. The van der Waals surface area contributed by atoms with Crippen molar-refractivity contribution in [1.29, 1.82) is 0 Å². The second-order valence-electron chi connectivity index (χ2n) is 7.28. The van der Waals surface area contributed by atoms with Crippen molar-refractivity contribution in [3.63, 3.8) is 0 Å². The molecule has 14 heteroatoms. The molecule has 7 nitrogen and oxygen atoms in total. The molecule has 1 heterocycles. The van der Waals surface area contributed by atoms with Gasteiger partial charge in [-0.3, -0.25) is 10.1 Å². The molecule has 3 rings (SSSR count). The fourth-order valence-corrected chi connectivity index (χ4v) is 3.83. The van der Waals surface area contributed by atoms with Gasteiger partial charge >= 0.3 is 18.4 Å². The van der Waals surface area contributed by atoms with Crippen LogP contribution in [0.15, 0.2) is 51.8 Å². The molecule has 3 aromatic rings. The first kappa shape index (κ1) is 25.2. The monoisotopic (exact) mass is 507 g/mol. The molecule has 2 aromatic carbocycles. The number of carbonyl (C=O) groups excluding carboxylic acids is 1. The number of rotatable bonds is 5. The minimum absolute atomic E-state index is 0.0348. The summed E-state index contributed by atoms with van der Waals surface area (Å²) in [5, 5.41) is 8.34. The Bertz CT molecular complexity index is 1300. The molecule has 1 N–H and O–H groups in total. The largest absolute Gasteiger partial charge is 0.416 e. The second kappa shape index (κ2) is 8.74. The van der Waals surface area contributed by atoms with E-state index in [4.69, 9.17) is 4.42 Å². The van der Waals surface area contributed by atoms with Gasteiger partial charge in [-0.25, -0.2) is 8.42 Å². The average Bonchev–Trinajstić information content (AvgIpc) is 3.20. The Hall–Kier alpha value is -3.42. The first-order valence-electron chi connectivity index (χ1n) is 9.37. The number of halogens is 6. The number of amides is 1. The lowest BCUT2D eigenvalue weighted by Crippen LogP contribution is -2.17. The molecule has 0 aliphatic heterocycles. The van der Waals surface area contributed by atoms with Crippen LogP contribution >= 0.6 is 0 Å². The normalized spacial score (nSPS) is 12.7. The van der Waals surface area contributed by atoms with Crippen LogP contribution in [-0.4, -0.2) is 29.8 Å². The third-order valence-corrected chi connectivity index (χ3v) is 6.68. The number of carbonyl (C=O) groups is 1. The van der Waals surface area contributed by atoms with Crippen LogP contribution in [0, 0.1) is 0 Å². The predicted octanol–water partition coefficient (Wildman–Crippen LogP) is 5.21. The summed E-state index contributed by atoms with van der Waals surface area (Å²) in [5.41, 5.74) is -4.11. The number of anilines is 1. The number of nitrogens with one attached hydrogen (secondary N) is 1. The van der Waals surface area contributed by atoms with Crippen LogP contribution < -0.4 is 5.32 Å². The van der Waals surface area contributed by atoms with Crippen LogP contribution in [0.25, 0.3) is 11.5 Å². The van der Waals surface area contributed by atoms with Crippen molar-refractivity contribution in [2.24, 2.45) is 0 Å². The predicted molar refractivity (Wildman–Crippen MR) is 106 cm³/mol. The van der Waals surface area contributed by atoms with Gasteiger partial charge < -0.3 is 4.42 Å². The first-order valence-corrected chi connectivity index (χ1v) is 10.9. The Morgan fingerprint density at radius 3 is 2.06 bits per heavy atom. The molecule has 0 saturated carbocycles. The van der Waals surface area contributed by atoms with Gasteiger partial charge in [0.25, 0.3) is 5.91 Å². The van der Waals surface area contributed by atoms with Crippen LogP contribution in [0.4, 0.5) is 32.4 Å². The van der Waals surface area contributed by atoms with E-state index in [-0.39, 0.29) is 34.5 Å². The summed E-state index contributed by atoms with van der Waals surface area (Å²) in [6.45, 7) is 2.97. The molecular weight excluding hydrogens is 492 g/mol. The van der Waals surface area contributed by atoms with Crippen molar-refractivity contribution >= 4 is 21.8 Å². The summed E-state index contributed by atoms with van der Waals surface area (Å²) in [6, 6.07) is 5.21. The summed E-state index contributed by atoms with van der Waals surface area (Å²) in [5.74, 6) is -1.60. The third kappa shape index (κ3) is 5.38. The summed E-state index contributed by atoms with van der Waals surface area (Å²) in [6.07, 6.45) is -10.3. The summed E-state index contributed by atoms with van der Waals surface area (Å²) >= 11 is 0. The van der Waals surface area contributed by atoms with E-state index in [0.29, 0.717) is 0 Å². The highest BCUT2D eigenvalue weighted by atomic mass is 32.2. The van der Waals surface area contributed by atoms with Crippen molar-refractivity contribution < 1.29 is 44.0 Å². The molecule has 0 radical (unpaired) electrons. The van der Waals surface area contributed by atoms with E-state index in [1.54, 1.807) is 0 Å². The van der Waals surface area contributed by atoms with Gasteiger partial charge in [0.05, 0.1) is 21.3 Å². The van der Waals surface area contributed by atoms with Crippen molar-refractivity contribution in [2.75, 3.05) is 5.32 Å². The lowest BCUT2D eigenvalue weighted by Gasteiger charge is -2.13. The van der Waals surface area contributed by atoms with E-state index in [0.717, 1.165) is 0 Å². The molecule has 0 spiro atoms. The van der Waals surface area contributed by atoms with Crippen molar-refractivity contribution in [3.05, 3.63) is 59.2 Å². The zero-order valence-electron chi connectivity index (χ0n) is 17.3. The molecule has 0 aliphatic carbocycles. The number of aromatic nitrogens is 2. The van der Waals surface area contributed by atoms with Gasteiger partial charge in [0.15, 0.2) is 9.84 Å². The quantitative estimate of drug-likeness (QED) is 0.476. The van der Waals surface area contributed by atoms with E-state index in [1.807, 2.05) is 5.32 Å². The molecule has 1 amide bonds. The average molecular weight is 507 g/mol. The Morgan fingerprint density at radius 1 is 0.941 bits per heavy atom. The van der Waals surface area contributed by atoms with Crippen LogP contribution in [-0.2, 0) is 22.2 Å². The lowest BCUT2D eigenvalue weighted by molar-refractivity contribution is -0.143. The number of hydrogen-bond acceptors (Lipinski definition) is 6. The van der Waals surface area contributed by atoms with Gasteiger partial charge in [-0.1, -0.05) is 11.2 Å². The Balaban J connectivity index is 1.90. The third-order valence-electron chi connectivity index (χ3n) is 4.53. The maximum atomic E-state index is 13.0. The van der Waals surface area contributed by atoms with Gasteiger partial charge in [-0.15, -0.1) is 5.10 Å². The van der Waals surface area contributed by atoms with Gasteiger partial charge in [0, 0.05) is 11.1 Å². The van der Waals surface area contributed by atoms with Crippen LogP contribution in [0.3, 0.4) is 0 Å². The van der Waals surface area contributed by atoms with Crippen molar-refractivity contribution in [3.8, 4) is 11.5 Å². The number of nitrogens with zero attached hydrogens (tertiary/aromatic N) is 2. The number of sulfone groups is 1. The fraction of sp³-hybridized carbons (Fsp3) is 0.250. The first-order chi connectivity index (χ1) is 15.6. The molecule has 0 fully saturated rings. The van der Waals surface area contributed by atoms with Crippen molar-refractivity contribution in [2.45, 2.75) is 36.3 Å². The maximum Gasteiger partial charge on any atom is 0.416 e. The zero-order chi connectivity index (χ0) is 25.5. The van der Waals surface area contributed by atoms with E-state index >= 15 is 0 Å². The van der Waals surface area contributed by atoms with Crippen LogP contribution in [0.2, 0.25) is 0 Å². The Labute approximate surface area is 188 Å².